The van der Waals surface area contributed by atoms with Gasteiger partial charge in [0.1, 0.15) is 0 Å². The van der Waals surface area contributed by atoms with E-state index in [0.29, 0.717) is 5.92 Å². The van der Waals surface area contributed by atoms with Crippen LogP contribution in [-0.4, -0.2) is 18.0 Å². The van der Waals surface area contributed by atoms with Gasteiger partial charge in [0, 0.05) is 19.5 Å². The number of carbonyl (C=O) groups excluding carboxylic acids is 1. The van der Waals surface area contributed by atoms with Crippen LogP contribution in [0.3, 0.4) is 0 Å². The first-order valence-electron chi connectivity index (χ1n) is 6.20. The van der Waals surface area contributed by atoms with Crippen LogP contribution in [0.25, 0.3) is 0 Å². The molecule has 0 aromatic heterocycles. The Kier molecular flexibility index (Phi) is 4.87. The van der Waals surface area contributed by atoms with Crippen molar-refractivity contribution in [2.75, 3.05) is 7.05 Å². The molecule has 0 aliphatic rings. The first-order chi connectivity index (χ1) is 8.32. The molecule has 0 saturated heterocycles. The van der Waals surface area contributed by atoms with Crippen molar-refractivity contribution in [3.8, 4) is 0 Å². The smallest absolute Gasteiger partial charge is 0.238 e. The second-order valence-electron chi connectivity index (χ2n) is 5.09. The lowest BCUT2D eigenvalue weighted by Crippen LogP contribution is -2.35. The minimum atomic E-state index is -0.304. The van der Waals surface area contributed by atoms with Crippen molar-refractivity contribution in [2.45, 2.75) is 39.2 Å². The van der Waals surface area contributed by atoms with Crippen molar-refractivity contribution in [3.05, 3.63) is 34.9 Å². The third-order valence-electron chi connectivity index (χ3n) is 3.16. The second kappa shape index (κ2) is 5.98. The molecule has 4 nitrogen and oxygen atoms in total. The molecule has 0 radical (unpaired) electrons. The SMILES string of the molecule is Cc1ccc(C(C)C)cc1C(N)CC(=O)N(C)N. The lowest BCUT2D eigenvalue weighted by atomic mass is 9.93. The minimum absolute atomic E-state index is 0.156. The molecule has 0 fully saturated rings. The van der Waals surface area contributed by atoms with Crippen LogP contribution in [0.15, 0.2) is 18.2 Å². The summed E-state index contributed by atoms with van der Waals surface area (Å²) in [6, 6.07) is 5.95. The van der Waals surface area contributed by atoms with Crippen LogP contribution in [0.2, 0.25) is 0 Å². The Balaban J connectivity index is 2.94. The van der Waals surface area contributed by atoms with Crippen LogP contribution in [-0.2, 0) is 4.79 Å². The van der Waals surface area contributed by atoms with E-state index in [1.807, 2.05) is 6.92 Å². The van der Waals surface area contributed by atoms with Gasteiger partial charge >= 0.3 is 0 Å². The summed E-state index contributed by atoms with van der Waals surface area (Å²) in [6.45, 7) is 6.29. The largest absolute Gasteiger partial charge is 0.324 e. The molecule has 0 saturated carbocycles. The number of amides is 1. The summed E-state index contributed by atoms with van der Waals surface area (Å²) in [5, 5.41) is 1.08. The summed E-state index contributed by atoms with van der Waals surface area (Å²) >= 11 is 0. The zero-order chi connectivity index (χ0) is 13.9. The highest BCUT2D eigenvalue weighted by Gasteiger charge is 2.16. The number of hydrogen-bond donors (Lipinski definition) is 2. The number of rotatable bonds is 4. The maximum absolute atomic E-state index is 11.6. The molecule has 100 valence electrons. The molecule has 1 amide bonds. The zero-order valence-electron chi connectivity index (χ0n) is 11.6. The van der Waals surface area contributed by atoms with E-state index in [1.54, 1.807) is 0 Å². The number of hydrazine groups is 1. The fourth-order valence-electron chi connectivity index (χ4n) is 1.86. The molecule has 1 aromatic carbocycles. The van der Waals surface area contributed by atoms with Crippen LogP contribution < -0.4 is 11.6 Å². The topological polar surface area (TPSA) is 72.4 Å². The Bertz CT molecular complexity index is 427. The first kappa shape index (κ1) is 14.7. The maximum atomic E-state index is 11.6. The van der Waals surface area contributed by atoms with Gasteiger partial charge in [0.05, 0.1) is 0 Å². The van der Waals surface area contributed by atoms with E-state index in [2.05, 4.69) is 32.0 Å². The maximum Gasteiger partial charge on any atom is 0.238 e. The summed E-state index contributed by atoms with van der Waals surface area (Å²) in [5.74, 6) is 5.70. The molecule has 18 heavy (non-hydrogen) atoms. The van der Waals surface area contributed by atoms with E-state index in [1.165, 1.54) is 12.6 Å². The Hall–Kier alpha value is -1.39. The average molecular weight is 249 g/mol. The molecule has 0 aliphatic heterocycles. The molecule has 1 unspecified atom stereocenters. The van der Waals surface area contributed by atoms with Gasteiger partial charge in [0.25, 0.3) is 0 Å². The molecule has 4 heteroatoms. The van der Waals surface area contributed by atoms with E-state index in [0.717, 1.165) is 16.1 Å². The number of nitrogens with zero attached hydrogens (tertiary/aromatic N) is 1. The van der Waals surface area contributed by atoms with Crippen LogP contribution in [0, 0.1) is 6.92 Å². The monoisotopic (exact) mass is 249 g/mol. The van der Waals surface area contributed by atoms with Crippen molar-refractivity contribution in [3.63, 3.8) is 0 Å². The van der Waals surface area contributed by atoms with E-state index in [9.17, 15) is 4.79 Å². The second-order valence-corrected chi connectivity index (χ2v) is 5.09. The van der Waals surface area contributed by atoms with Crippen molar-refractivity contribution >= 4 is 5.91 Å². The summed E-state index contributed by atoms with van der Waals surface area (Å²) in [7, 11) is 1.53. The highest BCUT2D eigenvalue weighted by Crippen LogP contribution is 2.24. The zero-order valence-corrected chi connectivity index (χ0v) is 11.6. The van der Waals surface area contributed by atoms with Gasteiger partial charge < -0.3 is 5.73 Å². The Morgan fingerprint density at radius 1 is 1.39 bits per heavy atom. The van der Waals surface area contributed by atoms with E-state index >= 15 is 0 Å². The third-order valence-corrected chi connectivity index (χ3v) is 3.16. The minimum Gasteiger partial charge on any atom is -0.324 e. The summed E-state index contributed by atoms with van der Waals surface area (Å²) in [4.78, 5) is 11.6. The van der Waals surface area contributed by atoms with Crippen molar-refractivity contribution < 1.29 is 4.79 Å². The molecular formula is C14H23N3O. The number of hydrogen-bond acceptors (Lipinski definition) is 3. The molecule has 1 rings (SSSR count). The Labute approximate surface area is 109 Å². The molecule has 0 bridgehead atoms. The average Bonchev–Trinajstić information content (AvgIpc) is 2.28. The molecule has 4 N–H and O–H groups in total. The number of aryl methyl sites for hydroxylation is 1. The van der Waals surface area contributed by atoms with Gasteiger partial charge in [-0.15, -0.1) is 0 Å². The van der Waals surface area contributed by atoms with Gasteiger partial charge in [-0.3, -0.25) is 9.80 Å². The summed E-state index contributed by atoms with van der Waals surface area (Å²) in [6.07, 6.45) is 0.232. The molecule has 1 atom stereocenters. The van der Waals surface area contributed by atoms with E-state index in [4.69, 9.17) is 11.6 Å². The van der Waals surface area contributed by atoms with E-state index < -0.39 is 0 Å². The lowest BCUT2D eigenvalue weighted by molar-refractivity contribution is -0.130. The van der Waals surface area contributed by atoms with Crippen LogP contribution in [0.5, 0.6) is 0 Å². The van der Waals surface area contributed by atoms with Gasteiger partial charge in [-0.05, 0) is 29.5 Å². The highest BCUT2D eigenvalue weighted by atomic mass is 16.2. The Morgan fingerprint density at radius 2 is 2.00 bits per heavy atom. The van der Waals surface area contributed by atoms with E-state index in [-0.39, 0.29) is 18.4 Å². The fraction of sp³-hybridized carbons (Fsp3) is 0.500. The predicted octanol–water partition coefficient (Wildman–Crippen LogP) is 1.84. The Morgan fingerprint density at radius 3 is 2.50 bits per heavy atom. The fourth-order valence-corrected chi connectivity index (χ4v) is 1.86. The first-order valence-corrected chi connectivity index (χ1v) is 6.20. The molecule has 1 aromatic rings. The van der Waals surface area contributed by atoms with Crippen molar-refractivity contribution in [2.24, 2.45) is 11.6 Å². The number of benzene rings is 1. The summed E-state index contributed by atoms with van der Waals surface area (Å²) in [5.41, 5.74) is 9.47. The lowest BCUT2D eigenvalue weighted by Gasteiger charge is -2.18. The van der Waals surface area contributed by atoms with Crippen LogP contribution in [0.4, 0.5) is 0 Å². The molecule has 0 spiro atoms. The van der Waals surface area contributed by atoms with Gasteiger partial charge in [0.2, 0.25) is 5.91 Å². The standard InChI is InChI=1S/C14H23N3O/c1-9(2)11-6-5-10(3)12(7-11)13(15)8-14(18)17(4)16/h5-7,9,13H,8,15-16H2,1-4H3. The molecule has 0 aliphatic carbocycles. The number of nitrogens with two attached hydrogens (primary N) is 2. The van der Waals surface area contributed by atoms with Crippen molar-refractivity contribution in [1.29, 1.82) is 0 Å². The van der Waals surface area contributed by atoms with Crippen LogP contribution in [0.1, 0.15) is 48.9 Å². The molecule has 0 heterocycles. The number of carbonyl (C=O) groups is 1. The highest BCUT2D eigenvalue weighted by molar-refractivity contribution is 5.76. The third kappa shape index (κ3) is 3.55. The van der Waals surface area contributed by atoms with Gasteiger partial charge in [-0.2, -0.15) is 0 Å². The van der Waals surface area contributed by atoms with Gasteiger partial charge in [0.15, 0.2) is 0 Å². The quantitative estimate of drug-likeness (QED) is 0.486. The van der Waals surface area contributed by atoms with Gasteiger partial charge in [-0.1, -0.05) is 32.0 Å². The summed E-state index contributed by atoms with van der Waals surface area (Å²) < 4.78 is 0. The molecular weight excluding hydrogens is 226 g/mol. The van der Waals surface area contributed by atoms with Crippen LogP contribution >= 0.6 is 0 Å². The normalized spacial score (nSPS) is 12.6. The van der Waals surface area contributed by atoms with Gasteiger partial charge in [-0.25, -0.2) is 5.84 Å². The van der Waals surface area contributed by atoms with Crippen molar-refractivity contribution in [1.82, 2.24) is 5.01 Å². The predicted molar refractivity (Wildman–Crippen MR) is 73.8 cm³/mol.